The molecule has 0 bridgehead atoms. The van der Waals surface area contributed by atoms with Crippen LogP contribution in [-0.4, -0.2) is 57.3 Å². The van der Waals surface area contributed by atoms with E-state index in [1.54, 1.807) is 22.9 Å². The molecular weight excluding hydrogens is 299 g/mol. The summed E-state index contributed by atoms with van der Waals surface area (Å²) in [6.07, 6.45) is 3.16. The number of carbonyl (C=O) groups excluding carboxylic acids is 2. The van der Waals surface area contributed by atoms with Gasteiger partial charge in [-0.1, -0.05) is 0 Å². The molecule has 4 rings (SSSR count). The first-order valence-electron chi connectivity index (χ1n) is 7.41. The second kappa shape index (κ2) is 4.91. The number of carbonyl (C=O) groups is 2. The normalized spacial score (nSPS) is 23.0. The van der Waals surface area contributed by atoms with Gasteiger partial charge in [0, 0.05) is 44.2 Å². The smallest absolute Gasteiger partial charge is 0.270 e. The summed E-state index contributed by atoms with van der Waals surface area (Å²) >= 11 is 0. The van der Waals surface area contributed by atoms with Crippen LogP contribution in [0.3, 0.4) is 0 Å². The van der Waals surface area contributed by atoms with Gasteiger partial charge in [-0.15, -0.1) is 0 Å². The molecule has 1 saturated heterocycles. The minimum Gasteiger partial charge on any atom is -0.337 e. The molecule has 2 aliphatic rings. The van der Waals surface area contributed by atoms with E-state index in [1.807, 2.05) is 16.8 Å². The molecule has 2 aromatic heterocycles. The number of likely N-dealkylation sites (N-methyl/N-ethyl adjacent to an activating group) is 1. The van der Waals surface area contributed by atoms with Gasteiger partial charge in [0.25, 0.3) is 11.8 Å². The Balaban J connectivity index is 1.64. The zero-order valence-electron chi connectivity index (χ0n) is 12.5. The number of fused-ring (bicyclic) bond motifs is 3. The van der Waals surface area contributed by atoms with Crippen LogP contribution in [0.25, 0.3) is 0 Å². The van der Waals surface area contributed by atoms with E-state index in [0.29, 0.717) is 18.8 Å². The number of rotatable bonds is 1. The zero-order chi connectivity index (χ0) is 16.1. The summed E-state index contributed by atoms with van der Waals surface area (Å²) in [5.41, 5.74) is 0.913. The highest BCUT2D eigenvalue weighted by Crippen LogP contribution is 2.33. The summed E-state index contributed by atoms with van der Waals surface area (Å²) < 4.78 is 15.2. The van der Waals surface area contributed by atoms with Crippen LogP contribution in [0.15, 0.2) is 36.7 Å². The first-order chi connectivity index (χ1) is 11.1. The largest absolute Gasteiger partial charge is 0.337 e. The van der Waals surface area contributed by atoms with Crippen molar-refractivity contribution in [3.8, 4) is 0 Å². The van der Waals surface area contributed by atoms with Crippen molar-refractivity contribution in [2.45, 2.75) is 12.1 Å². The molecule has 2 amide bonds. The third-order valence-corrected chi connectivity index (χ3v) is 4.69. The molecule has 0 aliphatic carbocycles. The lowest BCUT2D eigenvalue weighted by Gasteiger charge is -2.35. The summed E-state index contributed by atoms with van der Waals surface area (Å²) in [6.45, 7) is 0.931. The summed E-state index contributed by atoms with van der Waals surface area (Å²) in [6, 6.07) is 6.23. The van der Waals surface area contributed by atoms with Crippen LogP contribution in [0, 0.1) is 5.95 Å². The van der Waals surface area contributed by atoms with Crippen molar-refractivity contribution in [3.63, 3.8) is 0 Å². The number of likely N-dealkylation sites (tertiary alicyclic amines) is 1. The fourth-order valence-corrected chi connectivity index (χ4v) is 3.50. The highest BCUT2D eigenvalue weighted by molar-refractivity contribution is 5.96. The number of pyridine rings is 1. The van der Waals surface area contributed by atoms with E-state index >= 15 is 0 Å². The molecule has 0 unspecified atom stereocenters. The van der Waals surface area contributed by atoms with Crippen molar-refractivity contribution < 1.29 is 14.0 Å². The van der Waals surface area contributed by atoms with Gasteiger partial charge in [0.15, 0.2) is 0 Å². The Morgan fingerprint density at radius 3 is 2.87 bits per heavy atom. The summed E-state index contributed by atoms with van der Waals surface area (Å²) in [7, 11) is 1.76. The van der Waals surface area contributed by atoms with E-state index in [0.717, 1.165) is 6.07 Å². The molecule has 1 fully saturated rings. The molecule has 118 valence electrons. The molecule has 4 heterocycles. The van der Waals surface area contributed by atoms with Crippen LogP contribution in [0.1, 0.15) is 26.9 Å². The average Bonchev–Trinajstić information content (AvgIpc) is 3.18. The standard InChI is InChI=1S/C16H15FN4O2/c1-19-12-8-20(15(22)10-4-5-18-14(17)7-10)9-13(12)21-6-2-3-11(21)16(19)23/h2-7,12-13H,8-9H2,1H3/t12-,13+/m1/s1. The Labute approximate surface area is 132 Å². The maximum Gasteiger partial charge on any atom is 0.270 e. The number of hydrogen-bond donors (Lipinski definition) is 0. The SMILES string of the molecule is CN1C(=O)c2cccn2[C@H]2CN(C(=O)c3ccnc(F)c3)C[C@H]21. The first kappa shape index (κ1) is 13.9. The zero-order valence-corrected chi connectivity index (χ0v) is 12.5. The van der Waals surface area contributed by atoms with Crippen molar-refractivity contribution in [3.05, 3.63) is 53.9 Å². The van der Waals surface area contributed by atoms with Crippen molar-refractivity contribution in [2.24, 2.45) is 0 Å². The Morgan fingerprint density at radius 1 is 1.30 bits per heavy atom. The van der Waals surface area contributed by atoms with Crippen molar-refractivity contribution >= 4 is 11.8 Å². The second-order valence-electron chi connectivity index (χ2n) is 5.93. The highest BCUT2D eigenvalue weighted by Gasteiger charge is 2.44. The topological polar surface area (TPSA) is 58.4 Å². The molecule has 0 saturated carbocycles. The first-order valence-corrected chi connectivity index (χ1v) is 7.41. The van der Waals surface area contributed by atoms with Crippen molar-refractivity contribution in [2.75, 3.05) is 20.1 Å². The maximum absolute atomic E-state index is 13.2. The fraction of sp³-hybridized carbons (Fsp3) is 0.312. The molecule has 6 nitrogen and oxygen atoms in total. The van der Waals surface area contributed by atoms with Crippen LogP contribution >= 0.6 is 0 Å². The summed E-state index contributed by atoms with van der Waals surface area (Å²) in [5.74, 6) is -0.955. The quantitative estimate of drug-likeness (QED) is 0.743. The average molecular weight is 314 g/mol. The Hall–Kier alpha value is -2.70. The Morgan fingerprint density at radius 2 is 2.09 bits per heavy atom. The summed E-state index contributed by atoms with van der Waals surface area (Å²) in [4.78, 5) is 31.8. The van der Waals surface area contributed by atoms with Gasteiger partial charge in [0.2, 0.25) is 5.95 Å². The van der Waals surface area contributed by atoms with Gasteiger partial charge in [-0.25, -0.2) is 4.98 Å². The lowest BCUT2D eigenvalue weighted by molar-refractivity contribution is 0.0634. The second-order valence-corrected chi connectivity index (χ2v) is 5.93. The van der Waals surface area contributed by atoms with Gasteiger partial charge in [-0.3, -0.25) is 9.59 Å². The van der Waals surface area contributed by atoms with Crippen LogP contribution in [0.2, 0.25) is 0 Å². The molecule has 0 aromatic carbocycles. The fourth-order valence-electron chi connectivity index (χ4n) is 3.50. The number of nitrogens with zero attached hydrogens (tertiary/aromatic N) is 4. The van der Waals surface area contributed by atoms with Crippen LogP contribution in [0.5, 0.6) is 0 Å². The van der Waals surface area contributed by atoms with E-state index in [2.05, 4.69) is 4.98 Å². The molecule has 0 spiro atoms. The van der Waals surface area contributed by atoms with E-state index in [9.17, 15) is 14.0 Å². The van der Waals surface area contributed by atoms with Crippen molar-refractivity contribution in [1.82, 2.24) is 19.4 Å². The Bertz CT molecular complexity index is 803. The van der Waals surface area contributed by atoms with Crippen molar-refractivity contribution in [1.29, 1.82) is 0 Å². The summed E-state index contributed by atoms with van der Waals surface area (Å²) in [5, 5.41) is 0. The van der Waals surface area contributed by atoms with E-state index < -0.39 is 5.95 Å². The number of hydrogen-bond acceptors (Lipinski definition) is 3. The monoisotopic (exact) mass is 314 g/mol. The molecule has 23 heavy (non-hydrogen) atoms. The third kappa shape index (κ3) is 2.03. The van der Waals surface area contributed by atoms with Crippen LogP contribution < -0.4 is 0 Å². The maximum atomic E-state index is 13.2. The molecule has 0 N–H and O–H groups in total. The molecule has 0 radical (unpaired) electrons. The third-order valence-electron chi connectivity index (χ3n) is 4.69. The minimum absolute atomic E-state index is 0.0262. The lowest BCUT2D eigenvalue weighted by Crippen LogP contribution is -2.48. The lowest BCUT2D eigenvalue weighted by atomic mass is 10.1. The Kier molecular flexibility index (Phi) is 2.97. The molecule has 2 aliphatic heterocycles. The molecule has 2 atom stereocenters. The van der Waals surface area contributed by atoms with Gasteiger partial charge in [0.1, 0.15) is 5.69 Å². The highest BCUT2D eigenvalue weighted by atomic mass is 19.1. The van der Waals surface area contributed by atoms with E-state index in [1.165, 1.54) is 12.3 Å². The predicted molar refractivity (Wildman–Crippen MR) is 79.4 cm³/mol. The number of halogens is 1. The van der Waals surface area contributed by atoms with Gasteiger partial charge in [-0.2, -0.15) is 4.39 Å². The minimum atomic E-state index is -0.674. The van der Waals surface area contributed by atoms with E-state index in [4.69, 9.17) is 0 Å². The predicted octanol–water partition coefficient (Wildman–Crippen LogP) is 1.17. The molecule has 2 aromatic rings. The van der Waals surface area contributed by atoms with Crippen LogP contribution in [-0.2, 0) is 0 Å². The van der Waals surface area contributed by atoms with Gasteiger partial charge < -0.3 is 14.4 Å². The van der Waals surface area contributed by atoms with E-state index in [-0.39, 0.29) is 29.5 Å². The number of amides is 2. The molecular formula is C16H15FN4O2. The number of aromatic nitrogens is 2. The van der Waals surface area contributed by atoms with Gasteiger partial charge in [-0.05, 0) is 18.2 Å². The van der Waals surface area contributed by atoms with Gasteiger partial charge >= 0.3 is 0 Å². The van der Waals surface area contributed by atoms with Gasteiger partial charge in [0.05, 0.1) is 12.1 Å². The molecule has 7 heteroatoms. The van der Waals surface area contributed by atoms with Crippen LogP contribution in [0.4, 0.5) is 4.39 Å².